The summed E-state index contributed by atoms with van der Waals surface area (Å²) in [7, 11) is -3.55. The lowest BCUT2D eigenvalue weighted by Gasteiger charge is -2.16. The highest BCUT2D eigenvalue weighted by Crippen LogP contribution is 2.31. The predicted molar refractivity (Wildman–Crippen MR) is 112 cm³/mol. The van der Waals surface area contributed by atoms with Crippen LogP contribution in [-0.4, -0.2) is 18.0 Å². The van der Waals surface area contributed by atoms with Crippen molar-refractivity contribution in [2.75, 3.05) is 0 Å². The van der Waals surface area contributed by atoms with E-state index in [-0.39, 0.29) is 0 Å². The van der Waals surface area contributed by atoms with Crippen molar-refractivity contribution in [3.05, 3.63) is 95.8 Å². The van der Waals surface area contributed by atoms with Crippen molar-refractivity contribution >= 4 is 20.9 Å². The van der Waals surface area contributed by atoms with Crippen LogP contribution in [0.1, 0.15) is 29.1 Å². The molecule has 0 aliphatic carbocycles. The van der Waals surface area contributed by atoms with Gasteiger partial charge in [0.05, 0.1) is 15.9 Å². The topological polar surface area (TPSA) is 52.0 Å². The number of para-hydroxylation sites is 2. The monoisotopic (exact) mass is 390 g/mol. The number of fused-ring (bicyclic) bond motifs is 1. The lowest BCUT2D eigenvalue weighted by Crippen LogP contribution is -2.16. The van der Waals surface area contributed by atoms with Crippen LogP contribution < -0.4 is 0 Å². The summed E-state index contributed by atoms with van der Waals surface area (Å²) in [6, 6.07) is 24.8. The predicted octanol–water partition coefficient (Wildman–Crippen LogP) is 4.93. The van der Waals surface area contributed by atoms with Gasteiger partial charge in [0.1, 0.15) is 11.1 Å². The lowest BCUT2D eigenvalue weighted by atomic mass is 10.2. The fourth-order valence-electron chi connectivity index (χ4n) is 3.41. The summed E-state index contributed by atoms with van der Waals surface area (Å²) >= 11 is 0. The van der Waals surface area contributed by atoms with E-state index in [1.54, 1.807) is 19.1 Å². The molecule has 4 aromatic rings. The fraction of sp³-hybridized carbons (Fsp3) is 0.174. The summed E-state index contributed by atoms with van der Waals surface area (Å²) in [4.78, 5) is 5.02. The van der Waals surface area contributed by atoms with Crippen LogP contribution in [0.3, 0.4) is 0 Å². The zero-order valence-electron chi connectivity index (χ0n) is 15.9. The molecule has 0 N–H and O–H groups in total. The normalized spacial score (nSPS) is 12.9. The zero-order chi connectivity index (χ0) is 19.7. The molecule has 4 rings (SSSR count). The third kappa shape index (κ3) is 3.34. The van der Waals surface area contributed by atoms with E-state index in [2.05, 4.69) is 0 Å². The van der Waals surface area contributed by atoms with Crippen LogP contribution in [-0.2, 0) is 16.4 Å². The summed E-state index contributed by atoms with van der Waals surface area (Å²) in [5.74, 6) is 0.561. The van der Waals surface area contributed by atoms with Gasteiger partial charge < -0.3 is 4.57 Å². The maximum atomic E-state index is 13.3. The maximum absolute atomic E-state index is 13.3. The van der Waals surface area contributed by atoms with Crippen LogP contribution in [0, 0.1) is 6.92 Å². The van der Waals surface area contributed by atoms with E-state index in [0.29, 0.717) is 17.3 Å². The minimum Gasteiger partial charge on any atom is -0.322 e. The highest BCUT2D eigenvalue weighted by molar-refractivity contribution is 7.91. The number of aromatic nitrogens is 2. The number of imidazole rings is 1. The SMILES string of the molecule is Cc1ccc(S(=O)(=O)C(C)c2nc3ccccc3n2Cc2ccccc2)cc1. The van der Waals surface area contributed by atoms with Gasteiger partial charge in [-0.3, -0.25) is 0 Å². The van der Waals surface area contributed by atoms with Crippen LogP contribution in [0.5, 0.6) is 0 Å². The van der Waals surface area contributed by atoms with Crippen molar-refractivity contribution in [2.24, 2.45) is 0 Å². The molecule has 1 heterocycles. The number of hydrogen-bond donors (Lipinski definition) is 0. The Balaban J connectivity index is 1.83. The van der Waals surface area contributed by atoms with Crippen molar-refractivity contribution in [3.8, 4) is 0 Å². The Labute approximate surface area is 165 Å². The van der Waals surface area contributed by atoms with Gasteiger partial charge in [-0.2, -0.15) is 0 Å². The van der Waals surface area contributed by atoms with Gasteiger partial charge in [0, 0.05) is 6.54 Å². The van der Waals surface area contributed by atoms with E-state index >= 15 is 0 Å². The fourth-order valence-corrected chi connectivity index (χ4v) is 4.79. The first-order chi connectivity index (χ1) is 13.5. The molecule has 5 heteroatoms. The molecule has 0 radical (unpaired) electrons. The van der Waals surface area contributed by atoms with Crippen molar-refractivity contribution in [3.63, 3.8) is 0 Å². The molecule has 0 bridgehead atoms. The van der Waals surface area contributed by atoms with Crippen LogP contribution in [0.2, 0.25) is 0 Å². The molecule has 1 unspecified atom stereocenters. The van der Waals surface area contributed by atoms with Gasteiger partial charge in [-0.15, -0.1) is 0 Å². The Morgan fingerprint density at radius 1 is 0.893 bits per heavy atom. The molecular formula is C23H22N2O2S. The third-order valence-electron chi connectivity index (χ3n) is 5.05. The summed E-state index contributed by atoms with van der Waals surface area (Å²) in [6.07, 6.45) is 0. The number of nitrogens with zero attached hydrogens (tertiary/aromatic N) is 2. The molecule has 28 heavy (non-hydrogen) atoms. The number of rotatable bonds is 5. The number of benzene rings is 3. The highest BCUT2D eigenvalue weighted by atomic mass is 32.2. The molecule has 0 saturated carbocycles. The highest BCUT2D eigenvalue weighted by Gasteiger charge is 2.29. The quantitative estimate of drug-likeness (QED) is 0.486. The Kier molecular flexibility index (Phi) is 4.77. The second-order valence-corrected chi connectivity index (χ2v) is 9.30. The average Bonchev–Trinajstić information content (AvgIpc) is 3.07. The van der Waals surface area contributed by atoms with E-state index in [4.69, 9.17) is 4.98 Å². The molecule has 0 amide bonds. The van der Waals surface area contributed by atoms with Crippen LogP contribution in [0.4, 0.5) is 0 Å². The van der Waals surface area contributed by atoms with Gasteiger partial charge in [-0.1, -0.05) is 60.2 Å². The Bertz CT molecular complexity index is 1210. The first-order valence-corrected chi connectivity index (χ1v) is 10.8. The van der Waals surface area contributed by atoms with Crippen LogP contribution in [0.25, 0.3) is 11.0 Å². The minimum absolute atomic E-state index is 0.323. The molecule has 0 aliphatic rings. The van der Waals surface area contributed by atoms with E-state index < -0.39 is 15.1 Å². The number of aryl methyl sites for hydroxylation is 1. The van der Waals surface area contributed by atoms with Gasteiger partial charge in [0.25, 0.3) is 0 Å². The van der Waals surface area contributed by atoms with E-state index in [9.17, 15) is 8.42 Å². The zero-order valence-corrected chi connectivity index (χ0v) is 16.7. The number of sulfone groups is 1. The second kappa shape index (κ2) is 7.24. The Morgan fingerprint density at radius 2 is 1.54 bits per heavy atom. The molecule has 142 valence electrons. The summed E-state index contributed by atoms with van der Waals surface area (Å²) in [5.41, 5.74) is 3.88. The summed E-state index contributed by atoms with van der Waals surface area (Å²) in [6.45, 7) is 4.24. The largest absolute Gasteiger partial charge is 0.322 e. The van der Waals surface area contributed by atoms with Crippen LogP contribution >= 0.6 is 0 Å². The van der Waals surface area contributed by atoms with Gasteiger partial charge in [-0.05, 0) is 43.7 Å². The lowest BCUT2D eigenvalue weighted by molar-refractivity contribution is 0.579. The van der Waals surface area contributed by atoms with Gasteiger partial charge in [0.15, 0.2) is 9.84 Å². The van der Waals surface area contributed by atoms with Gasteiger partial charge in [-0.25, -0.2) is 13.4 Å². The molecule has 0 fully saturated rings. The summed E-state index contributed by atoms with van der Waals surface area (Å²) < 4.78 is 28.6. The van der Waals surface area contributed by atoms with E-state index in [1.165, 1.54) is 0 Å². The third-order valence-corrected chi connectivity index (χ3v) is 7.12. The molecule has 0 saturated heterocycles. The maximum Gasteiger partial charge on any atom is 0.188 e. The van der Waals surface area contributed by atoms with Gasteiger partial charge >= 0.3 is 0 Å². The van der Waals surface area contributed by atoms with Crippen molar-refractivity contribution in [1.82, 2.24) is 9.55 Å². The molecule has 0 spiro atoms. The van der Waals surface area contributed by atoms with Crippen molar-refractivity contribution in [1.29, 1.82) is 0 Å². The van der Waals surface area contributed by atoms with Crippen molar-refractivity contribution in [2.45, 2.75) is 30.5 Å². The average molecular weight is 391 g/mol. The molecular weight excluding hydrogens is 368 g/mol. The Morgan fingerprint density at radius 3 is 2.25 bits per heavy atom. The molecule has 3 aromatic carbocycles. The van der Waals surface area contributed by atoms with E-state index in [1.807, 2.05) is 78.2 Å². The molecule has 1 aromatic heterocycles. The summed E-state index contributed by atoms with van der Waals surface area (Å²) in [5, 5.41) is -0.758. The number of hydrogen-bond acceptors (Lipinski definition) is 3. The second-order valence-electron chi connectivity index (χ2n) is 7.03. The molecule has 1 atom stereocenters. The smallest absolute Gasteiger partial charge is 0.188 e. The van der Waals surface area contributed by atoms with Crippen LogP contribution in [0.15, 0.2) is 83.8 Å². The van der Waals surface area contributed by atoms with Crippen molar-refractivity contribution < 1.29 is 8.42 Å². The first kappa shape index (κ1) is 18.4. The molecule has 0 aliphatic heterocycles. The Hall–Kier alpha value is -2.92. The van der Waals surface area contributed by atoms with E-state index in [0.717, 1.165) is 22.2 Å². The standard InChI is InChI=1S/C23H22N2O2S/c1-17-12-14-20(15-13-17)28(26,27)18(2)23-24-21-10-6-7-11-22(21)25(23)16-19-8-4-3-5-9-19/h3-15,18H,16H2,1-2H3. The minimum atomic E-state index is -3.55. The molecule has 4 nitrogen and oxygen atoms in total. The van der Waals surface area contributed by atoms with Gasteiger partial charge in [0.2, 0.25) is 0 Å². The first-order valence-electron chi connectivity index (χ1n) is 9.26.